The Kier molecular flexibility index (Phi) is 14.5. The van der Waals surface area contributed by atoms with Gasteiger partial charge in [0.25, 0.3) is 0 Å². The van der Waals surface area contributed by atoms with Crippen molar-refractivity contribution in [2.45, 2.75) is 78.0 Å². The number of methoxy groups -OCH3 is 1. The minimum absolute atomic E-state index is 0.000260. The van der Waals surface area contributed by atoms with E-state index >= 15 is 0 Å². The number of ether oxygens (including phenoxy) is 7. The van der Waals surface area contributed by atoms with Crippen LogP contribution in [0.1, 0.15) is 58.9 Å². The molecule has 0 saturated carbocycles. The van der Waals surface area contributed by atoms with Gasteiger partial charge in [0.05, 0.1) is 20.3 Å². The summed E-state index contributed by atoms with van der Waals surface area (Å²) in [4.78, 5) is 47.8. The highest BCUT2D eigenvalue weighted by Crippen LogP contribution is 2.30. The van der Waals surface area contributed by atoms with Gasteiger partial charge in [-0.3, -0.25) is 4.79 Å². The summed E-state index contributed by atoms with van der Waals surface area (Å²) in [6.45, 7) is 7.31. The first-order valence-corrected chi connectivity index (χ1v) is 12.1. The van der Waals surface area contributed by atoms with Crippen molar-refractivity contribution in [1.29, 1.82) is 0 Å². The summed E-state index contributed by atoms with van der Waals surface area (Å²) < 4.78 is 35.0. The van der Waals surface area contributed by atoms with Gasteiger partial charge >= 0.3 is 24.4 Å². The molecule has 0 aliphatic carbocycles. The van der Waals surface area contributed by atoms with E-state index in [1.54, 1.807) is 13.0 Å². The fourth-order valence-corrected chi connectivity index (χ4v) is 2.68. The van der Waals surface area contributed by atoms with Crippen molar-refractivity contribution in [3.05, 3.63) is 23.8 Å². The van der Waals surface area contributed by atoms with Gasteiger partial charge < -0.3 is 38.9 Å². The van der Waals surface area contributed by atoms with Crippen molar-refractivity contribution >= 4 is 24.4 Å². The molecule has 37 heavy (non-hydrogen) atoms. The maximum Gasteiger partial charge on any atom is 0.513 e. The Balaban J connectivity index is 2.91. The summed E-state index contributed by atoms with van der Waals surface area (Å²) in [5, 5.41) is 0. The van der Waals surface area contributed by atoms with Crippen molar-refractivity contribution in [2.24, 2.45) is 5.73 Å². The molecule has 12 nitrogen and oxygen atoms in total. The molecule has 0 aromatic heterocycles. The number of benzene rings is 1. The number of nitrogens with two attached hydrogens (primary N) is 1. The summed E-state index contributed by atoms with van der Waals surface area (Å²) >= 11 is 0. The van der Waals surface area contributed by atoms with Gasteiger partial charge in [-0.1, -0.05) is 32.8 Å². The van der Waals surface area contributed by atoms with Crippen LogP contribution in [0.4, 0.5) is 14.4 Å². The van der Waals surface area contributed by atoms with Crippen LogP contribution in [0.25, 0.3) is 0 Å². The lowest BCUT2D eigenvalue weighted by molar-refractivity contribution is -0.155. The lowest BCUT2D eigenvalue weighted by Crippen LogP contribution is -2.39. The first kappa shape index (κ1) is 31.5. The molecule has 0 saturated heterocycles. The molecule has 12 heteroatoms. The first-order valence-electron chi connectivity index (χ1n) is 12.1. The molecular weight excluding hydrogens is 490 g/mol. The molecule has 0 radical (unpaired) electrons. The van der Waals surface area contributed by atoms with Crippen molar-refractivity contribution in [3.63, 3.8) is 0 Å². The average Bonchev–Trinajstić information content (AvgIpc) is 2.85. The van der Waals surface area contributed by atoms with Crippen LogP contribution in [0.5, 0.6) is 11.5 Å². The fourth-order valence-electron chi connectivity index (χ4n) is 2.68. The van der Waals surface area contributed by atoms with Gasteiger partial charge in [-0.05, 0) is 50.8 Å². The zero-order chi connectivity index (χ0) is 27.8. The summed E-state index contributed by atoms with van der Waals surface area (Å²) in [6, 6.07) is 3.24. The number of hydrogen-bond donors (Lipinski definition) is 1. The molecule has 0 amide bonds. The first-order chi connectivity index (χ1) is 17.6. The van der Waals surface area contributed by atoms with Crippen LogP contribution in [-0.4, -0.2) is 63.0 Å². The highest BCUT2D eigenvalue weighted by atomic mass is 16.7. The number of rotatable bonds is 14. The number of esters is 1. The highest BCUT2D eigenvalue weighted by Gasteiger charge is 2.25. The number of hydrogen-bond acceptors (Lipinski definition) is 12. The Labute approximate surface area is 216 Å². The summed E-state index contributed by atoms with van der Waals surface area (Å²) in [5.41, 5.74) is 6.48. The number of carbonyl (C=O) groups excluding carboxylic acids is 4. The molecule has 2 N–H and O–H groups in total. The van der Waals surface area contributed by atoms with Crippen molar-refractivity contribution in [3.8, 4) is 11.5 Å². The largest absolute Gasteiger partial charge is 0.513 e. The van der Waals surface area contributed by atoms with E-state index in [4.69, 9.17) is 34.2 Å². The highest BCUT2D eigenvalue weighted by molar-refractivity contribution is 5.76. The molecule has 0 heterocycles. The molecule has 1 unspecified atom stereocenters. The fraction of sp³-hybridized carbons (Fsp3) is 0.600. The minimum atomic E-state index is -1.09. The second-order valence-electron chi connectivity index (χ2n) is 8.12. The molecule has 1 aromatic rings. The maximum atomic E-state index is 12.5. The monoisotopic (exact) mass is 527 g/mol. The van der Waals surface area contributed by atoms with Crippen LogP contribution in [0.3, 0.4) is 0 Å². The number of carbonyl (C=O) groups is 4. The van der Waals surface area contributed by atoms with E-state index in [-0.39, 0.29) is 31.1 Å². The average molecular weight is 528 g/mol. The van der Waals surface area contributed by atoms with E-state index in [0.29, 0.717) is 18.4 Å². The maximum absolute atomic E-state index is 12.5. The van der Waals surface area contributed by atoms with Crippen molar-refractivity contribution < 1.29 is 52.3 Å². The van der Waals surface area contributed by atoms with Gasteiger partial charge in [0, 0.05) is 0 Å². The quantitative estimate of drug-likeness (QED) is 0.158. The molecule has 0 spiro atoms. The van der Waals surface area contributed by atoms with Gasteiger partial charge in [-0.2, -0.15) is 0 Å². The molecule has 1 rings (SSSR count). The molecule has 1 aromatic carbocycles. The summed E-state index contributed by atoms with van der Waals surface area (Å²) in [5.74, 6) is -0.925. The van der Waals surface area contributed by atoms with Gasteiger partial charge in [-0.15, -0.1) is 0 Å². The Morgan fingerprint density at radius 2 is 1.35 bits per heavy atom. The predicted molar refractivity (Wildman–Crippen MR) is 130 cm³/mol. The van der Waals surface area contributed by atoms with Gasteiger partial charge in [0.15, 0.2) is 11.5 Å². The van der Waals surface area contributed by atoms with E-state index in [1.165, 1.54) is 19.1 Å². The molecule has 3 atom stereocenters. The third kappa shape index (κ3) is 12.3. The normalized spacial score (nSPS) is 12.9. The van der Waals surface area contributed by atoms with Crippen LogP contribution in [0.15, 0.2) is 18.2 Å². The van der Waals surface area contributed by atoms with Crippen LogP contribution in [-0.2, 0) is 34.9 Å². The molecule has 0 fully saturated rings. The zero-order valence-corrected chi connectivity index (χ0v) is 22.0. The van der Waals surface area contributed by atoms with E-state index in [2.05, 4.69) is 4.74 Å². The molecule has 0 bridgehead atoms. The SMILES string of the molecule is CCCCOC(=O)Oc1ccc(C[C@H](N)C(=O)O[C@@H](C)C(C)OC(=O)OC)cc1OC(=O)OCCCC. The lowest BCUT2D eigenvalue weighted by Gasteiger charge is -2.22. The van der Waals surface area contributed by atoms with E-state index in [0.717, 1.165) is 20.0 Å². The standard InChI is InChI=1S/C25H37NO11/c1-6-8-12-32-24(29)36-20-11-10-18(15-21(20)37-25(30)33-13-9-7-2)14-19(26)22(27)34-16(3)17(4)35-23(28)31-5/h10-11,15-17,19H,6-9,12-14,26H2,1-5H3/t16-,17?,19-/m0/s1. The van der Waals surface area contributed by atoms with Crippen LogP contribution >= 0.6 is 0 Å². The predicted octanol–water partition coefficient (Wildman–Crippen LogP) is 4.29. The van der Waals surface area contributed by atoms with Crippen LogP contribution in [0.2, 0.25) is 0 Å². The Bertz CT molecular complexity index is 889. The topological polar surface area (TPSA) is 159 Å². The Morgan fingerprint density at radius 3 is 1.89 bits per heavy atom. The molecular formula is C25H37NO11. The minimum Gasteiger partial charge on any atom is -0.458 e. The van der Waals surface area contributed by atoms with Crippen LogP contribution < -0.4 is 15.2 Å². The summed E-state index contributed by atoms with van der Waals surface area (Å²) in [7, 11) is 1.16. The lowest BCUT2D eigenvalue weighted by atomic mass is 10.1. The van der Waals surface area contributed by atoms with Crippen LogP contribution in [0, 0.1) is 0 Å². The van der Waals surface area contributed by atoms with Crippen molar-refractivity contribution in [2.75, 3.05) is 20.3 Å². The molecule has 208 valence electrons. The third-order valence-corrected chi connectivity index (χ3v) is 5.00. The third-order valence-electron chi connectivity index (χ3n) is 5.00. The molecule has 0 aliphatic heterocycles. The van der Waals surface area contributed by atoms with Gasteiger partial charge in [0.1, 0.15) is 18.2 Å². The second kappa shape index (κ2) is 17.0. The van der Waals surface area contributed by atoms with E-state index in [1.807, 2.05) is 13.8 Å². The second-order valence-corrected chi connectivity index (χ2v) is 8.12. The Morgan fingerprint density at radius 1 is 0.811 bits per heavy atom. The molecule has 0 aliphatic rings. The van der Waals surface area contributed by atoms with E-state index in [9.17, 15) is 19.2 Å². The number of unbranched alkanes of at least 4 members (excludes halogenated alkanes) is 2. The summed E-state index contributed by atoms with van der Waals surface area (Å²) in [6.07, 6.45) is -1.42. The van der Waals surface area contributed by atoms with Gasteiger partial charge in [0.2, 0.25) is 0 Å². The van der Waals surface area contributed by atoms with Crippen molar-refractivity contribution in [1.82, 2.24) is 0 Å². The smallest absolute Gasteiger partial charge is 0.458 e. The zero-order valence-electron chi connectivity index (χ0n) is 22.0. The van der Waals surface area contributed by atoms with E-state index < -0.39 is 42.7 Å². The van der Waals surface area contributed by atoms with Gasteiger partial charge in [-0.25, -0.2) is 14.4 Å². The Hall–Kier alpha value is -3.54.